The second-order valence-corrected chi connectivity index (χ2v) is 9.68. The van der Waals surface area contributed by atoms with Crippen LogP contribution in [0.3, 0.4) is 0 Å². The molecule has 0 bridgehead atoms. The van der Waals surface area contributed by atoms with E-state index in [2.05, 4.69) is 10.8 Å². The number of aryl methyl sites for hydroxylation is 1. The van der Waals surface area contributed by atoms with Crippen LogP contribution in [-0.2, 0) is 0 Å². The quantitative estimate of drug-likeness (QED) is 0.300. The lowest BCUT2D eigenvalue weighted by atomic mass is 9.95. The van der Waals surface area contributed by atoms with Crippen molar-refractivity contribution in [3.63, 3.8) is 0 Å². The minimum atomic E-state index is -4.72. The molecule has 0 N–H and O–H groups in total. The monoisotopic (exact) mass is 497 g/mol. The first-order valence-corrected chi connectivity index (χ1v) is 12.3. The van der Waals surface area contributed by atoms with E-state index in [0.29, 0.717) is 24.6 Å². The molecule has 0 radical (unpaired) electrons. The fourth-order valence-electron chi connectivity index (χ4n) is 5.13. The first-order chi connectivity index (χ1) is 16.6. The number of allylic oxidation sites excluding steroid dienone is 2. The molecule has 1 saturated heterocycles. The van der Waals surface area contributed by atoms with E-state index in [1.165, 1.54) is 17.7 Å². The van der Waals surface area contributed by atoms with Crippen molar-refractivity contribution in [1.29, 1.82) is 0 Å². The van der Waals surface area contributed by atoms with E-state index in [4.69, 9.17) is 5.10 Å². The second-order valence-electron chi connectivity index (χ2n) is 9.68. The molecule has 192 valence electrons. The van der Waals surface area contributed by atoms with E-state index in [1.54, 1.807) is 16.8 Å². The Labute approximate surface area is 202 Å². The van der Waals surface area contributed by atoms with Gasteiger partial charge in [0.1, 0.15) is 5.75 Å². The molecule has 1 fully saturated rings. The zero-order valence-corrected chi connectivity index (χ0v) is 20.0. The van der Waals surface area contributed by atoms with E-state index in [1.807, 2.05) is 17.9 Å². The fourth-order valence-corrected chi connectivity index (χ4v) is 5.13. The Morgan fingerprint density at radius 2 is 1.91 bits per heavy atom. The van der Waals surface area contributed by atoms with Gasteiger partial charge in [-0.1, -0.05) is 11.6 Å². The van der Waals surface area contributed by atoms with Gasteiger partial charge in [0.2, 0.25) is 0 Å². The molecule has 4 nitrogen and oxygen atoms in total. The highest BCUT2D eigenvalue weighted by atomic mass is 19.4. The summed E-state index contributed by atoms with van der Waals surface area (Å²) < 4.78 is 70.1. The van der Waals surface area contributed by atoms with Gasteiger partial charge in [-0.3, -0.25) is 4.90 Å². The van der Waals surface area contributed by atoms with Gasteiger partial charge in [-0.15, -0.1) is 13.2 Å². The highest BCUT2D eigenvalue weighted by molar-refractivity contribution is 5.38. The van der Waals surface area contributed by atoms with Crippen LogP contribution in [0.4, 0.5) is 22.0 Å². The average molecular weight is 498 g/mol. The van der Waals surface area contributed by atoms with Gasteiger partial charge in [0.05, 0.1) is 17.9 Å². The number of halogens is 5. The third-order valence-corrected chi connectivity index (χ3v) is 6.85. The van der Waals surface area contributed by atoms with Gasteiger partial charge in [0, 0.05) is 18.0 Å². The van der Waals surface area contributed by atoms with Crippen LogP contribution in [0.5, 0.6) is 5.75 Å². The number of benzene rings is 1. The molecule has 4 rings (SSSR count). The number of alkyl halides is 5. The van der Waals surface area contributed by atoms with Crippen LogP contribution in [0.1, 0.15) is 68.7 Å². The summed E-state index contributed by atoms with van der Waals surface area (Å²) in [6, 6.07) is 7.75. The lowest BCUT2D eigenvalue weighted by Gasteiger charge is -2.32. The zero-order chi connectivity index (χ0) is 25.1. The SMILES string of the molecule is Cc1cc(C2CCC=C(CCCN3CCCC(F)(F)C3)CC2)nn1-c1ccc(OC(F)(F)F)cc1. The standard InChI is InChI=1S/C26H32F5N3O/c1-19-17-24(32-34(19)22-10-12-23(13-11-22)35-26(29,30)31)21-7-2-5-20(8-9-21)6-3-15-33-16-4-14-25(27,28)18-33/h5,10-13,17,21H,2-4,6-9,14-16,18H2,1H3. The molecule has 0 spiro atoms. The molecule has 1 aromatic heterocycles. The maximum absolute atomic E-state index is 13.6. The Hall–Kier alpha value is -2.42. The first kappa shape index (κ1) is 25.7. The second kappa shape index (κ2) is 10.7. The third-order valence-electron chi connectivity index (χ3n) is 6.85. The highest BCUT2D eigenvalue weighted by Gasteiger charge is 2.34. The predicted molar refractivity (Wildman–Crippen MR) is 124 cm³/mol. The first-order valence-electron chi connectivity index (χ1n) is 12.3. The van der Waals surface area contributed by atoms with Crippen LogP contribution in [0.2, 0.25) is 0 Å². The average Bonchev–Trinajstić information content (AvgIpc) is 3.00. The van der Waals surface area contributed by atoms with Crippen molar-refractivity contribution in [2.24, 2.45) is 0 Å². The predicted octanol–water partition coefficient (Wildman–Crippen LogP) is 7.17. The summed E-state index contributed by atoms with van der Waals surface area (Å²) in [5, 5.41) is 4.76. The lowest BCUT2D eigenvalue weighted by molar-refractivity contribution is -0.274. The van der Waals surface area contributed by atoms with Gasteiger partial charge in [-0.2, -0.15) is 5.10 Å². The summed E-state index contributed by atoms with van der Waals surface area (Å²) in [5.74, 6) is -2.51. The van der Waals surface area contributed by atoms with Crippen molar-refractivity contribution in [3.05, 3.63) is 53.4 Å². The molecule has 1 aliphatic heterocycles. The minimum absolute atomic E-state index is 0.00304. The third kappa shape index (κ3) is 7.29. The molecule has 35 heavy (non-hydrogen) atoms. The van der Waals surface area contributed by atoms with Crippen LogP contribution >= 0.6 is 0 Å². The summed E-state index contributed by atoms with van der Waals surface area (Å²) in [6.45, 7) is 3.29. The number of nitrogens with zero attached hydrogens (tertiary/aromatic N) is 3. The molecule has 1 aliphatic carbocycles. The fraction of sp³-hybridized carbons (Fsp3) is 0.577. The number of hydrogen-bond donors (Lipinski definition) is 0. The lowest BCUT2D eigenvalue weighted by Crippen LogP contribution is -2.42. The van der Waals surface area contributed by atoms with Gasteiger partial charge in [0.25, 0.3) is 5.92 Å². The molecule has 2 heterocycles. The Morgan fingerprint density at radius 3 is 2.63 bits per heavy atom. The summed E-state index contributed by atoms with van der Waals surface area (Å²) in [7, 11) is 0. The summed E-state index contributed by atoms with van der Waals surface area (Å²) in [5.41, 5.74) is 3.98. The number of aromatic nitrogens is 2. The van der Waals surface area contributed by atoms with Gasteiger partial charge in [0.15, 0.2) is 0 Å². The molecule has 2 aliphatic rings. The maximum atomic E-state index is 13.6. The van der Waals surface area contributed by atoms with Crippen LogP contribution in [0.15, 0.2) is 42.0 Å². The Balaban J connectivity index is 1.30. The number of piperidine rings is 1. The topological polar surface area (TPSA) is 30.3 Å². The van der Waals surface area contributed by atoms with Crippen molar-refractivity contribution >= 4 is 0 Å². The Morgan fingerprint density at radius 1 is 1.14 bits per heavy atom. The molecule has 0 amide bonds. The van der Waals surface area contributed by atoms with Crippen molar-refractivity contribution in [2.75, 3.05) is 19.6 Å². The molecule has 0 saturated carbocycles. The Kier molecular flexibility index (Phi) is 7.83. The molecular formula is C26H32F5N3O. The summed E-state index contributed by atoms with van der Waals surface area (Å²) >= 11 is 0. The van der Waals surface area contributed by atoms with E-state index in [9.17, 15) is 22.0 Å². The molecule has 1 atom stereocenters. The number of likely N-dealkylation sites (tertiary alicyclic amines) is 1. The van der Waals surface area contributed by atoms with E-state index in [0.717, 1.165) is 56.5 Å². The minimum Gasteiger partial charge on any atom is -0.406 e. The van der Waals surface area contributed by atoms with Crippen molar-refractivity contribution in [3.8, 4) is 11.4 Å². The molecule has 2 aromatic rings. The van der Waals surface area contributed by atoms with E-state index in [-0.39, 0.29) is 18.7 Å². The molecule has 9 heteroatoms. The van der Waals surface area contributed by atoms with Gasteiger partial charge in [-0.25, -0.2) is 13.5 Å². The normalized spacial score (nSPS) is 21.4. The molecular weight excluding hydrogens is 465 g/mol. The van der Waals surface area contributed by atoms with Crippen LogP contribution in [0, 0.1) is 6.92 Å². The van der Waals surface area contributed by atoms with Crippen molar-refractivity contribution in [2.45, 2.75) is 76.5 Å². The molecule has 1 unspecified atom stereocenters. The van der Waals surface area contributed by atoms with Crippen LogP contribution in [-0.4, -0.2) is 46.6 Å². The van der Waals surface area contributed by atoms with Gasteiger partial charge >= 0.3 is 6.36 Å². The number of ether oxygens (including phenoxy) is 1. The maximum Gasteiger partial charge on any atom is 0.573 e. The van der Waals surface area contributed by atoms with E-state index < -0.39 is 12.3 Å². The van der Waals surface area contributed by atoms with Gasteiger partial charge < -0.3 is 4.74 Å². The molecule has 1 aromatic carbocycles. The van der Waals surface area contributed by atoms with Gasteiger partial charge in [-0.05, 0) is 95.3 Å². The van der Waals surface area contributed by atoms with Crippen molar-refractivity contribution in [1.82, 2.24) is 14.7 Å². The Bertz CT molecular complexity index is 1010. The number of rotatable bonds is 7. The smallest absolute Gasteiger partial charge is 0.406 e. The zero-order valence-electron chi connectivity index (χ0n) is 20.0. The largest absolute Gasteiger partial charge is 0.573 e. The number of hydrogen-bond acceptors (Lipinski definition) is 3. The van der Waals surface area contributed by atoms with Crippen molar-refractivity contribution < 1.29 is 26.7 Å². The van der Waals surface area contributed by atoms with E-state index >= 15 is 0 Å². The summed E-state index contributed by atoms with van der Waals surface area (Å²) in [4.78, 5) is 1.89. The van der Waals surface area contributed by atoms with Crippen LogP contribution in [0.25, 0.3) is 5.69 Å². The van der Waals surface area contributed by atoms with Crippen LogP contribution < -0.4 is 4.74 Å². The highest BCUT2D eigenvalue weighted by Crippen LogP contribution is 2.33. The summed E-state index contributed by atoms with van der Waals surface area (Å²) in [6.07, 6.45) is 3.87.